The summed E-state index contributed by atoms with van der Waals surface area (Å²) in [7, 11) is 1.84. The van der Waals surface area contributed by atoms with Crippen LogP contribution in [0.2, 0.25) is 0 Å². The fraction of sp³-hybridized carbons (Fsp3) is 0.526. The van der Waals surface area contributed by atoms with Crippen LogP contribution in [0.1, 0.15) is 31.1 Å². The van der Waals surface area contributed by atoms with Crippen LogP contribution in [-0.4, -0.2) is 73.9 Å². The number of carbonyl (C=O) groups excluding carboxylic acids is 2. The molecule has 1 rings (SSSR count). The van der Waals surface area contributed by atoms with Crippen LogP contribution < -0.4 is 10.6 Å². The largest absolute Gasteiger partial charge is 0.357 e. The molecule has 1 aromatic carbocycles. The topological polar surface area (TPSA) is 77.0 Å². The molecular weight excluding hydrogens is 410 g/mol. The average Bonchev–Trinajstić information content (AvgIpc) is 2.64. The van der Waals surface area contributed by atoms with Gasteiger partial charge in [0.05, 0.1) is 13.1 Å². The van der Waals surface area contributed by atoms with Crippen LogP contribution in [0.25, 0.3) is 0 Å². The molecule has 0 atom stereocenters. The number of nitrogens with zero attached hydrogens (tertiary/aromatic N) is 3. The van der Waals surface area contributed by atoms with Crippen LogP contribution in [0, 0.1) is 0 Å². The van der Waals surface area contributed by atoms with Crippen molar-refractivity contribution >= 4 is 33.7 Å². The standard InChI is InChI=1S/C19H30BrN5O2/c1-5-21-19(24(4)14-17(26)25(6-2)7-3)23-12-11-22-18(27)15-9-8-10-16(20)13-15/h8-10,13H,5-7,11-12,14H2,1-4H3,(H,21,23)(H,22,27). The summed E-state index contributed by atoms with van der Waals surface area (Å²) in [5.74, 6) is 0.576. The zero-order valence-corrected chi connectivity index (χ0v) is 18.2. The molecule has 0 aliphatic carbocycles. The number of aliphatic imine (C=N–C) groups is 1. The van der Waals surface area contributed by atoms with Gasteiger partial charge in [-0.05, 0) is 39.0 Å². The molecule has 0 heterocycles. The number of rotatable bonds is 9. The van der Waals surface area contributed by atoms with Gasteiger partial charge in [0.25, 0.3) is 5.91 Å². The second kappa shape index (κ2) is 12.3. The van der Waals surface area contributed by atoms with Crippen LogP contribution >= 0.6 is 15.9 Å². The van der Waals surface area contributed by atoms with Gasteiger partial charge in [0.1, 0.15) is 0 Å². The molecule has 0 aromatic heterocycles. The van der Waals surface area contributed by atoms with E-state index in [0.717, 1.165) is 4.47 Å². The van der Waals surface area contributed by atoms with E-state index in [1.165, 1.54) is 0 Å². The Morgan fingerprint density at radius 1 is 1.15 bits per heavy atom. The molecule has 2 N–H and O–H groups in total. The van der Waals surface area contributed by atoms with Crippen LogP contribution in [-0.2, 0) is 4.79 Å². The Kier molecular flexibility index (Phi) is 10.5. The molecule has 0 radical (unpaired) electrons. The Balaban J connectivity index is 2.57. The zero-order chi connectivity index (χ0) is 20.2. The minimum absolute atomic E-state index is 0.0658. The predicted molar refractivity (Wildman–Crippen MR) is 113 cm³/mol. The number of amides is 2. The highest BCUT2D eigenvalue weighted by Gasteiger charge is 2.15. The maximum absolute atomic E-state index is 12.3. The summed E-state index contributed by atoms with van der Waals surface area (Å²) in [6.45, 7) is 9.10. The second-order valence-electron chi connectivity index (χ2n) is 5.92. The molecule has 1 aromatic rings. The Labute approximate surface area is 170 Å². The molecule has 8 heteroatoms. The van der Waals surface area contributed by atoms with E-state index in [2.05, 4.69) is 31.6 Å². The van der Waals surface area contributed by atoms with Gasteiger partial charge in [-0.3, -0.25) is 14.6 Å². The van der Waals surface area contributed by atoms with Crippen LogP contribution in [0.15, 0.2) is 33.7 Å². The maximum atomic E-state index is 12.3. The van der Waals surface area contributed by atoms with Crippen molar-refractivity contribution in [2.24, 2.45) is 4.99 Å². The van der Waals surface area contributed by atoms with Gasteiger partial charge < -0.3 is 20.4 Å². The van der Waals surface area contributed by atoms with E-state index >= 15 is 0 Å². The maximum Gasteiger partial charge on any atom is 0.251 e. The molecule has 0 aliphatic heterocycles. The number of likely N-dealkylation sites (N-methyl/N-ethyl adjacent to an activating group) is 2. The third-order valence-corrected chi connectivity index (χ3v) is 4.42. The van der Waals surface area contributed by atoms with Crippen molar-refractivity contribution in [2.75, 3.05) is 46.3 Å². The van der Waals surface area contributed by atoms with Crippen molar-refractivity contribution in [1.82, 2.24) is 20.4 Å². The molecule has 0 saturated heterocycles. The van der Waals surface area contributed by atoms with Crippen LogP contribution in [0.5, 0.6) is 0 Å². The Bertz CT molecular complexity index is 647. The Hall–Kier alpha value is -2.09. The third kappa shape index (κ3) is 7.99. The first kappa shape index (κ1) is 23.0. The number of benzene rings is 1. The summed E-state index contributed by atoms with van der Waals surface area (Å²) in [5.41, 5.74) is 0.599. The predicted octanol–water partition coefficient (Wildman–Crippen LogP) is 1.94. The lowest BCUT2D eigenvalue weighted by atomic mass is 10.2. The highest BCUT2D eigenvalue weighted by molar-refractivity contribution is 9.10. The van der Waals surface area contributed by atoms with Gasteiger partial charge in [-0.1, -0.05) is 22.0 Å². The second-order valence-corrected chi connectivity index (χ2v) is 6.84. The van der Waals surface area contributed by atoms with Gasteiger partial charge in [-0.25, -0.2) is 0 Å². The molecule has 0 aliphatic rings. The first-order chi connectivity index (χ1) is 12.9. The number of nitrogens with one attached hydrogen (secondary N) is 2. The van der Waals surface area contributed by atoms with Gasteiger partial charge in [0, 0.05) is 43.3 Å². The number of hydrogen-bond acceptors (Lipinski definition) is 3. The number of guanidine groups is 1. The molecule has 0 spiro atoms. The Morgan fingerprint density at radius 3 is 2.44 bits per heavy atom. The SMILES string of the molecule is CCNC(=NCCNC(=O)c1cccc(Br)c1)N(C)CC(=O)N(CC)CC. The quantitative estimate of drug-likeness (QED) is 0.350. The average molecular weight is 440 g/mol. The van der Waals surface area contributed by atoms with Crippen molar-refractivity contribution < 1.29 is 9.59 Å². The number of halogens is 1. The van der Waals surface area contributed by atoms with E-state index in [4.69, 9.17) is 0 Å². The molecule has 0 fully saturated rings. The Morgan fingerprint density at radius 2 is 1.85 bits per heavy atom. The summed E-state index contributed by atoms with van der Waals surface area (Å²) in [6.07, 6.45) is 0. The fourth-order valence-corrected chi connectivity index (χ4v) is 2.89. The molecule has 0 unspecified atom stereocenters. The van der Waals surface area contributed by atoms with E-state index in [9.17, 15) is 9.59 Å². The lowest BCUT2D eigenvalue weighted by Gasteiger charge is -2.25. The first-order valence-corrected chi connectivity index (χ1v) is 10.0. The van der Waals surface area contributed by atoms with Crippen LogP contribution in [0.3, 0.4) is 0 Å². The fourth-order valence-electron chi connectivity index (χ4n) is 2.49. The normalized spacial score (nSPS) is 11.1. The summed E-state index contributed by atoms with van der Waals surface area (Å²) in [4.78, 5) is 32.5. The highest BCUT2D eigenvalue weighted by atomic mass is 79.9. The minimum atomic E-state index is -0.137. The molecule has 27 heavy (non-hydrogen) atoms. The zero-order valence-electron chi connectivity index (χ0n) is 16.6. The van der Waals surface area contributed by atoms with Crippen molar-refractivity contribution in [2.45, 2.75) is 20.8 Å². The van der Waals surface area contributed by atoms with Crippen molar-refractivity contribution in [3.05, 3.63) is 34.3 Å². The number of carbonyl (C=O) groups is 2. The van der Waals surface area contributed by atoms with Gasteiger partial charge in [-0.15, -0.1) is 0 Å². The summed E-state index contributed by atoms with van der Waals surface area (Å²) < 4.78 is 0.863. The van der Waals surface area contributed by atoms with Gasteiger partial charge in [-0.2, -0.15) is 0 Å². The molecule has 7 nitrogen and oxygen atoms in total. The van der Waals surface area contributed by atoms with Crippen molar-refractivity contribution in [3.8, 4) is 0 Å². The smallest absolute Gasteiger partial charge is 0.251 e. The third-order valence-electron chi connectivity index (χ3n) is 3.93. The van der Waals surface area contributed by atoms with Crippen LogP contribution in [0.4, 0.5) is 0 Å². The summed E-state index contributed by atoms with van der Waals surface area (Å²) in [6, 6.07) is 7.23. The lowest BCUT2D eigenvalue weighted by Crippen LogP contribution is -2.46. The number of hydrogen-bond donors (Lipinski definition) is 2. The molecule has 150 valence electrons. The van der Waals surface area contributed by atoms with Gasteiger partial charge >= 0.3 is 0 Å². The lowest BCUT2D eigenvalue weighted by molar-refractivity contribution is -0.131. The minimum Gasteiger partial charge on any atom is -0.357 e. The monoisotopic (exact) mass is 439 g/mol. The van der Waals surface area contributed by atoms with Crippen molar-refractivity contribution in [1.29, 1.82) is 0 Å². The van der Waals surface area contributed by atoms with E-state index in [1.54, 1.807) is 21.9 Å². The van der Waals surface area contributed by atoms with E-state index in [1.807, 2.05) is 40.0 Å². The van der Waals surface area contributed by atoms with E-state index < -0.39 is 0 Å². The molecular formula is C19H30BrN5O2. The van der Waals surface area contributed by atoms with Gasteiger partial charge in [0.15, 0.2) is 5.96 Å². The van der Waals surface area contributed by atoms with Gasteiger partial charge in [0.2, 0.25) is 5.91 Å². The summed E-state index contributed by atoms with van der Waals surface area (Å²) >= 11 is 3.36. The summed E-state index contributed by atoms with van der Waals surface area (Å²) in [5, 5.41) is 6.03. The molecule has 0 saturated carbocycles. The van der Waals surface area contributed by atoms with E-state index in [-0.39, 0.29) is 18.4 Å². The highest BCUT2D eigenvalue weighted by Crippen LogP contribution is 2.11. The van der Waals surface area contributed by atoms with E-state index in [0.29, 0.717) is 44.2 Å². The molecule has 0 bridgehead atoms. The van der Waals surface area contributed by atoms with Crippen molar-refractivity contribution in [3.63, 3.8) is 0 Å². The molecule has 2 amide bonds. The first-order valence-electron chi connectivity index (χ1n) is 9.23.